The zero-order valence-corrected chi connectivity index (χ0v) is 15.7. The molecule has 30 heavy (non-hydrogen) atoms. The van der Waals surface area contributed by atoms with Gasteiger partial charge in [-0.1, -0.05) is 6.07 Å². The van der Waals surface area contributed by atoms with Gasteiger partial charge in [0, 0.05) is 31.0 Å². The van der Waals surface area contributed by atoms with Crippen molar-refractivity contribution in [2.75, 3.05) is 6.54 Å². The Labute approximate surface area is 169 Å². The lowest BCUT2D eigenvalue weighted by Gasteiger charge is -2.29. The van der Waals surface area contributed by atoms with Gasteiger partial charge in [0.25, 0.3) is 0 Å². The van der Waals surface area contributed by atoms with E-state index in [1.807, 2.05) is 6.07 Å². The van der Waals surface area contributed by atoms with Crippen molar-refractivity contribution in [1.29, 1.82) is 0 Å². The number of alkyl halides is 3. The second-order valence-corrected chi connectivity index (χ2v) is 6.99. The van der Waals surface area contributed by atoms with E-state index in [4.69, 9.17) is 4.74 Å². The quantitative estimate of drug-likeness (QED) is 0.634. The summed E-state index contributed by atoms with van der Waals surface area (Å²) in [6, 6.07) is 7.69. The van der Waals surface area contributed by atoms with Gasteiger partial charge in [-0.25, -0.2) is 9.37 Å². The first kappa shape index (κ1) is 19.9. The molecule has 0 aliphatic carbocycles. The van der Waals surface area contributed by atoms with Crippen molar-refractivity contribution < 1.29 is 27.1 Å². The van der Waals surface area contributed by atoms with Crippen molar-refractivity contribution in [3.63, 3.8) is 0 Å². The largest absolute Gasteiger partial charge is 0.457 e. The first-order valence-electron chi connectivity index (χ1n) is 9.21. The Bertz CT molecular complexity index is 1060. The van der Waals surface area contributed by atoms with Gasteiger partial charge >= 0.3 is 6.18 Å². The zero-order valence-electron chi connectivity index (χ0n) is 15.7. The predicted molar refractivity (Wildman–Crippen MR) is 99.3 cm³/mol. The van der Waals surface area contributed by atoms with Crippen LogP contribution in [0, 0.1) is 5.82 Å². The fourth-order valence-electron chi connectivity index (χ4n) is 3.39. The van der Waals surface area contributed by atoms with Crippen molar-refractivity contribution >= 4 is 5.91 Å². The molecule has 1 N–H and O–H groups in total. The number of amides is 1. The number of nitrogens with one attached hydrogen (secondary N) is 1. The zero-order chi connectivity index (χ0) is 21.3. The van der Waals surface area contributed by atoms with E-state index in [0.717, 1.165) is 22.9 Å². The van der Waals surface area contributed by atoms with E-state index in [2.05, 4.69) is 9.97 Å². The normalized spacial score (nSPS) is 13.8. The Morgan fingerprint density at radius 1 is 1.13 bits per heavy atom. The molecular weight excluding hydrogens is 402 g/mol. The van der Waals surface area contributed by atoms with Crippen molar-refractivity contribution in [3.05, 3.63) is 77.1 Å². The van der Waals surface area contributed by atoms with E-state index >= 15 is 0 Å². The molecule has 4 rings (SSSR count). The first-order chi connectivity index (χ1) is 14.3. The Balaban J connectivity index is 1.48. The van der Waals surface area contributed by atoms with E-state index in [1.54, 1.807) is 23.2 Å². The molecule has 0 saturated heterocycles. The molecule has 156 valence electrons. The Kier molecular flexibility index (Phi) is 5.19. The summed E-state index contributed by atoms with van der Waals surface area (Å²) in [5.74, 6) is -1.12. The number of imidazole rings is 1. The number of halogens is 4. The van der Waals surface area contributed by atoms with Gasteiger partial charge in [0.1, 0.15) is 17.3 Å². The maximum Gasteiger partial charge on any atom is 0.419 e. The van der Waals surface area contributed by atoms with Gasteiger partial charge in [-0.15, -0.1) is 0 Å². The van der Waals surface area contributed by atoms with Crippen LogP contribution in [0.1, 0.15) is 22.4 Å². The number of hydrogen-bond donors (Lipinski definition) is 1. The number of fused-ring (bicyclic) bond motifs is 1. The molecule has 0 saturated carbocycles. The number of hydrogen-bond acceptors (Lipinski definition) is 3. The summed E-state index contributed by atoms with van der Waals surface area (Å²) < 4.78 is 57.4. The van der Waals surface area contributed by atoms with E-state index < -0.39 is 17.6 Å². The minimum atomic E-state index is -4.76. The van der Waals surface area contributed by atoms with Crippen LogP contribution in [0.2, 0.25) is 0 Å². The number of benzene rings is 2. The van der Waals surface area contributed by atoms with E-state index in [9.17, 15) is 22.4 Å². The van der Waals surface area contributed by atoms with Gasteiger partial charge in [-0.2, -0.15) is 13.2 Å². The van der Waals surface area contributed by atoms with Crippen LogP contribution in [0.15, 0.2) is 48.9 Å². The molecule has 0 fully saturated rings. The molecule has 1 aromatic heterocycles. The lowest BCUT2D eigenvalue weighted by molar-refractivity contribution is -0.140. The predicted octanol–water partition coefficient (Wildman–Crippen LogP) is 4.49. The van der Waals surface area contributed by atoms with E-state index in [0.29, 0.717) is 37.4 Å². The molecule has 1 aliphatic heterocycles. The SMILES string of the molecule is O=C(Cc1cnc[nH]1)N1CCc2ccc(Oc3ccc(C(F)(F)F)c(F)c3)cc2C1. The average Bonchev–Trinajstić information content (AvgIpc) is 3.19. The standard InChI is InChI=1S/C21H17F4N3O2/c22-19-9-17(3-4-18(19)21(23,24)25)30-16-2-1-13-5-6-28(11-14(13)7-16)20(29)8-15-10-26-12-27-15/h1-4,7,9-10,12H,5-6,8,11H2,(H,26,27). The number of ether oxygens (including phenoxy) is 1. The average molecular weight is 419 g/mol. The summed E-state index contributed by atoms with van der Waals surface area (Å²) in [5, 5.41) is 0. The number of aromatic amines is 1. The second kappa shape index (κ2) is 7.81. The first-order valence-corrected chi connectivity index (χ1v) is 9.21. The van der Waals surface area contributed by atoms with Crippen LogP contribution < -0.4 is 4.74 Å². The van der Waals surface area contributed by atoms with Crippen molar-refractivity contribution in [2.45, 2.75) is 25.6 Å². The highest BCUT2D eigenvalue weighted by Crippen LogP contribution is 2.34. The highest BCUT2D eigenvalue weighted by atomic mass is 19.4. The maximum absolute atomic E-state index is 13.8. The van der Waals surface area contributed by atoms with Crippen LogP contribution in [-0.2, 0) is 30.4 Å². The molecule has 1 amide bonds. The summed E-state index contributed by atoms with van der Waals surface area (Å²) in [6.45, 7) is 0.977. The topological polar surface area (TPSA) is 58.2 Å². The van der Waals surface area contributed by atoms with Gasteiger partial charge in [0.15, 0.2) is 0 Å². The van der Waals surface area contributed by atoms with Crippen LogP contribution >= 0.6 is 0 Å². The van der Waals surface area contributed by atoms with Crippen LogP contribution in [-0.4, -0.2) is 27.3 Å². The van der Waals surface area contributed by atoms with Gasteiger partial charge in [-0.05, 0) is 41.8 Å². The Morgan fingerprint density at radius 3 is 2.60 bits per heavy atom. The van der Waals surface area contributed by atoms with Crippen molar-refractivity contribution in [2.24, 2.45) is 0 Å². The monoisotopic (exact) mass is 419 g/mol. The molecule has 5 nitrogen and oxygen atoms in total. The molecule has 0 atom stereocenters. The smallest absolute Gasteiger partial charge is 0.419 e. The molecule has 2 heterocycles. The highest BCUT2D eigenvalue weighted by molar-refractivity contribution is 5.78. The lowest BCUT2D eigenvalue weighted by Crippen LogP contribution is -2.36. The highest BCUT2D eigenvalue weighted by Gasteiger charge is 2.34. The number of H-pyrrole nitrogens is 1. The summed E-state index contributed by atoms with van der Waals surface area (Å²) in [7, 11) is 0. The Morgan fingerprint density at radius 2 is 1.90 bits per heavy atom. The van der Waals surface area contributed by atoms with Crippen molar-refractivity contribution in [3.8, 4) is 11.5 Å². The van der Waals surface area contributed by atoms with Gasteiger partial charge < -0.3 is 14.6 Å². The number of aromatic nitrogens is 2. The molecule has 3 aromatic rings. The third kappa shape index (κ3) is 4.29. The second-order valence-electron chi connectivity index (χ2n) is 6.99. The van der Waals surface area contributed by atoms with Crippen LogP contribution in [0.4, 0.5) is 17.6 Å². The molecule has 0 bridgehead atoms. The molecule has 2 aromatic carbocycles. The minimum absolute atomic E-state index is 0.0385. The molecule has 1 aliphatic rings. The van der Waals surface area contributed by atoms with Gasteiger partial charge in [-0.3, -0.25) is 4.79 Å². The van der Waals surface area contributed by atoms with Gasteiger partial charge in [0.05, 0.1) is 18.3 Å². The number of carbonyl (C=O) groups excluding carboxylic acids is 1. The third-order valence-corrected chi connectivity index (χ3v) is 4.92. The summed E-state index contributed by atoms with van der Waals surface area (Å²) >= 11 is 0. The van der Waals surface area contributed by atoms with Crippen LogP contribution in [0.25, 0.3) is 0 Å². The number of nitrogens with zero attached hydrogens (tertiary/aromatic N) is 2. The summed E-state index contributed by atoms with van der Waals surface area (Å²) in [5.41, 5.74) is 1.33. The maximum atomic E-state index is 13.8. The van der Waals surface area contributed by atoms with Gasteiger partial charge in [0.2, 0.25) is 5.91 Å². The van der Waals surface area contributed by atoms with E-state index in [1.165, 1.54) is 6.33 Å². The molecule has 0 spiro atoms. The fourth-order valence-corrected chi connectivity index (χ4v) is 3.39. The van der Waals surface area contributed by atoms with E-state index in [-0.39, 0.29) is 18.1 Å². The number of carbonyl (C=O) groups is 1. The van der Waals surface area contributed by atoms with Crippen LogP contribution in [0.5, 0.6) is 11.5 Å². The third-order valence-electron chi connectivity index (χ3n) is 4.92. The molecule has 0 unspecified atom stereocenters. The lowest BCUT2D eigenvalue weighted by atomic mass is 9.99. The summed E-state index contributed by atoms with van der Waals surface area (Å²) in [6.07, 6.45) is -0.747. The molecular formula is C21H17F4N3O2. The minimum Gasteiger partial charge on any atom is -0.457 e. The molecule has 9 heteroatoms. The van der Waals surface area contributed by atoms with Crippen LogP contribution in [0.3, 0.4) is 0 Å². The van der Waals surface area contributed by atoms with Crippen molar-refractivity contribution in [1.82, 2.24) is 14.9 Å². The summed E-state index contributed by atoms with van der Waals surface area (Å²) in [4.78, 5) is 21.0. The Hall–Kier alpha value is -3.36. The fraction of sp³-hybridized carbons (Fsp3) is 0.238. The number of rotatable bonds is 4. The molecule has 0 radical (unpaired) electrons.